The summed E-state index contributed by atoms with van der Waals surface area (Å²) in [7, 11) is 1.28. The second-order valence-electron chi connectivity index (χ2n) is 8.31. The molecule has 0 aromatic heterocycles. The number of nitrogens with one attached hydrogen (secondary N) is 2. The van der Waals surface area contributed by atoms with Gasteiger partial charge in [-0.05, 0) is 44.4 Å². The van der Waals surface area contributed by atoms with E-state index in [0.29, 0.717) is 22.8 Å². The number of rotatable bonds is 7. The van der Waals surface area contributed by atoms with E-state index in [4.69, 9.17) is 10.9 Å². The van der Waals surface area contributed by atoms with Gasteiger partial charge in [0.05, 0.1) is 18.5 Å². The molecule has 6 N–H and O–H groups in total. The quantitative estimate of drug-likeness (QED) is 0.179. The van der Waals surface area contributed by atoms with Crippen LogP contribution in [-0.2, 0) is 9.53 Å². The third kappa shape index (κ3) is 5.25. The van der Waals surface area contributed by atoms with Gasteiger partial charge in [0, 0.05) is 17.5 Å². The molecular formula is C22H30N6O5. The first-order valence-corrected chi connectivity index (χ1v) is 10.6. The van der Waals surface area contributed by atoms with Crippen LogP contribution in [0.15, 0.2) is 34.4 Å². The van der Waals surface area contributed by atoms with Crippen molar-refractivity contribution in [3.63, 3.8) is 0 Å². The van der Waals surface area contributed by atoms with Crippen LogP contribution in [0, 0.1) is 12.3 Å². The summed E-state index contributed by atoms with van der Waals surface area (Å²) < 4.78 is 4.68. The van der Waals surface area contributed by atoms with Gasteiger partial charge in [0.25, 0.3) is 0 Å². The highest BCUT2D eigenvalue weighted by atomic mass is 16.5. The number of nitrogens with zero attached hydrogens (tertiary/aromatic N) is 3. The number of carbonyl (C=O) groups excluding carboxylic acids is 2. The highest BCUT2D eigenvalue weighted by Gasteiger charge is 2.41. The number of aliphatic hydroxyl groups excluding tert-OH is 1. The van der Waals surface area contributed by atoms with Crippen molar-refractivity contribution < 1.29 is 24.6 Å². The van der Waals surface area contributed by atoms with E-state index in [2.05, 4.69) is 25.5 Å². The molecule has 1 unspecified atom stereocenters. The van der Waals surface area contributed by atoms with Gasteiger partial charge < -0.3 is 31.0 Å². The molecule has 1 aromatic rings. The number of carbonyl (C=O) groups is 2. The summed E-state index contributed by atoms with van der Waals surface area (Å²) in [6, 6.07) is 5.44. The van der Waals surface area contributed by atoms with Gasteiger partial charge in [0.2, 0.25) is 5.91 Å². The number of benzene rings is 1. The van der Waals surface area contributed by atoms with Gasteiger partial charge in [0.1, 0.15) is 24.4 Å². The average molecular weight is 459 g/mol. The number of anilines is 1. The highest BCUT2D eigenvalue weighted by Crippen LogP contribution is 2.40. The van der Waals surface area contributed by atoms with Crippen molar-refractivity contribution in [2.75, 3.05) is 25.5 Å². The lowest BCUT2D eigenvalue weighted by Crippen LogP contribution is -2.53. The van der Waals surface area contributed by atoms with E-state index in [-0.39, 0.29) is 24.8 Å². The molecule has 11 heteroatoms. The van der Waals surface area contributed by atoms with Crippen LogP contribution in [0.3, 0.4) is 0 Å². The minimum absolute atomic E-state index is 0.117. The summed E-state index contributed by atoms with van der Waals surface area (Å²) in [6.07, 6.45) is 2.21. The molecule has 33 heavy (non-hydrogen) atoms. The van der Waals surface area contributed by atoms with Gasteiger partial charge in [-0.15, -0.1) is 0 Å². The fraction of sp³-hybridized carbons (Fsp3) is 0.455. The second kappa shape index (κ2) is 9.90. The van der Waals surface area contributed by atoms with Crippen LogP contribution < -0.4 is 16.4 Å². The van der Waals surface area contributed by atoms with Crippen molar-refractivity contribution in [1.82, 2.24) is 10.2 Å². The van der Waals surface area contributed by atoms with Crippen LogP contribution >= 0.6 is 0 Å². The fourth-order valence-corrected chi connectivity index (χ4v) is 3.91. The molecule has 1 aliphatic carbocycles. The lowest BCUT2D eigenvalue weighted by atomic mass is 9.68. The minimum atomic E-state index is -1.10. The van der Waals surface area contributed by atoms with Gasteiger partial charge in [-0.2, -0.15) is 0 Å². The zero-order chi connectivity index (χ0) is 24.2. The summed E-state index contributed by atoms with van der Waals surface area (Å²) in [5, 5.41) is 28.3. The Bertz CT molecular complexity index is 1010. The molecular weight excluding hydrogens is 428 g/mol. The summed E-state index contributed by atoms with van der Waals surface area (Å²) in [4.78, 5) is 30.3. The highest BCUT2D eigenvalue weighted by molar-refractivity contribution is 5.96. The number of hydrogen-bond donors (Lipinski definition) is 5. The Morgan fingerprint density at radius 2 is 2.09 bits per heavy atom. The molecule has 1 atom stereocenters. The van der Waals surface area contributed by atoms with E-state index in [9.17, 15) is 14.7 Å². The molecule has 1 fully saturated rings. The van der Waals surface area contributed by atoms with E-state index >= 15 is 0 Å². The standard InChI is InChI=1S/C22H30N6O5/c1-13-5-6-15(16(9-13)26-21(31)33-3)17-10-19(30)28(14(2)25-17)11-18(29)24-12-22(7-4-8-22)20(23)27-32/h5-6,9-10,19,30,32H,4,7-8,11-12H2,1-3H3,(H2,23,27)(H,24,29)(H,26,31). The Hall–Kier alpha value is -3.60. The molecule has 0 spiro atoms. The van der Waals surface area contributed by atoms with Gasteiger partial charge >= 0.3 is 6.09 Å². The molecule has 0 saturated heterocycles. The lowest BCUT2D eigenvalue weighted by molar-refractivity contribution is -0.123. The lowest BCUT2D eigenvalue weighted by Gasteiger charge is -2.40. The molecule has 2 amide bonds. The molecule has 2 aliphatic rings. The number of hydrogen-bond acceptors (Lipinski definition) is 8. The topological polar surface area (TPSA) is 162 Å². The van der Waals surface area contributed by atoms with Crippen molar-refractivity contribution in [3.05, 3.63) is 35.4 Å². The number of aryl methyl sites for hydroxylation is 1. The fourth-order valence-electron chi connectivity index (χ4n) is 3.91. The summed E-state index contributed by atoms with van der Waals surface area (Å²) in [5.74, 6) is 0.238. The summed E-state index contributed by atoms with van der Waals surface area (Å²) >= 11 is 0. The molecule has 1 aromatic carbocycles. The first-order chi connectivity index (χ1) is 15.7. The third-order valence-electron chi connectivity index (χ3n) is 6.10. The Labute approximate surface area is 192 Å². The Morgan fingerprint density at radius 1 is 1.36 bits per heavy atom. The number of nitrogens with two attached hydrogens (primary N) is 1. The molecule has 178 valence electrons. The largest absolute Gasteiger partial charge is 0.453 e. The molecule has 1 heterocycles. The first kappa shape index (κ1) is 24.1. The van der Waals surface area contributed by atoms with Crippen LogP contribution in [-0.4, -0.2) is 65.3 Å². The van der Waals surface area contributed by atoms with E-state index in [1.54, 1.807) is 19.1 Å². The Kier molecular flexibility index (Phi) is 7.22. The van der Waals surface area contributed by atoms with Crippen molar-refractivity contribution in [2.24, 2.45) is 21.3 Å². The maximum absolute atomic E-state index is 12.6. The van der Waals surface area contributed by atoms with Crippen LogP contribution in [0.4, 0.5) is 10.5 Å². The van der Waals surface area contributed by atoms with Gasteiger partial charge in [-0.3, -0.25) is 10.1 Å². The van der Waals surface area contributed by atoms with Crippen molar-refractivity contribution >= 4 is 35.1 Å². The van der Waals surface area contributed by atoms with E-state index in [0.717, 1.165) is 24.8 Å². The Balaban J connectivity index is 1.70. The number of amidine groups is 2. The number of ether oxygens (including phenoxy) is 1. The second-order valence-corrected chi connectivity index (χ2v) is 8.31. The summed E-state index contributed by atoms with van der Waals surface area (Å²) in [6.45, 7) is 3.72. The average Bonchev–Trinajstić information content (AvgIpc) is 2.75. The number of oxime groups is 1. The van der Waals surface area contributed by atoms with Crippen molar-refractivity contribution in [1.29, 1.82) is 0 Å². The molecule has 1 saturated carbocycles. The zero-order valence-electron chi connectivity index (χ0n) is 19.0. The third-order valence-corrected chi connectivity index (χ3v) is 6.10. The minimum Gasteiger partial charge on any atom is -0.453 e. The number of aliphatic hydroxyl groups is 1. The maximum Gasteiger partial charge on any atom is 0.411 e. The number of methoxy groups -OCH3 is 1. The SMILES string of the molecule is COC(=O)Nc1cc(C)ccc1C1=CC(O)N(CC(=O)NCC2(/C(N)=N/O)CCC2)C(C)=N1. The van der Waals surface area contributed by atoms with E-state index < -0.39 is 17.7 Å². The molecule has 3 rings (SSSR count). The van der Waals surface area contributed by atoms with Crippen molar-refractivity contribution in [2.45, 2.75) is 39.3 Å². The monoisotopic (exact) mass is 458 g/mol. The van der Waals surface area contributed by atoms with Crippen LogP contribution in [0.5, 0.6) is 0 Å². The van der Waals surface area contributed by atoms with Gasteiger partial charge in [0.15, 0.2) is 0 Å². The molecule has 0 bridgehead atoms. The van der Waals surface area contributed by atoms with Gasteiger partial charge in [-0.25, -0.2) is 9.79 Å². The Morgan fingerprint density at radius 3 is 2.67 bits per heavy atom. The van der Waals surface area contributed by atoms with E-state index in [1.165, 1.54) is 18.1 Å². The molecule has 1 aliphatic heterocycles. The normalized spacial score (nSPS) is 19.7. The number of amides is 2. The molecule has 0 radical (unpaired) electrons. The predicted molar refractivity (Wildman–Crippen MR) is 124 cm³/mol. The molecule has 11 nitrogen and oxygen atoms in total. The first-order valence-electron chi connectivity index (χ1n) is 10.6. The predicted octanol–water partition coefficient (Wildman–Crippen LogP) is 1.60. The van der Waals surface area contributed by atoms with Crippen LogP contribution in [0.25, 0.3) is 5.70 Å². The van der Waals surface area contributed by atoms with E-state index in [1.807, 2.05) is 13.0 Å². The van der Waals surface area contributed by atoms with Crippen LogP contribution in [0.1, 0.15) is 37.3 Å². The van der Waals surface area contributed by atoms with Crippen LogP contribution in [0.2, 0.25) is 0 Å². The zero-order valence-corrected chi connectivity index (χ0v) is 19.0. The maximum atomic E-state index is 12.6. The van der Waals surface area contributed by atoms with Gasteiger partial charge in [-0.1, -0.05) is 23.7 Å². The number of aliphatic imine (C=N–C) groups is 1. The van der Waals surface area contributed by atoms with Crippen molar-refractivity contribution in [3.8, 4) is 0 Å². The summed E-state index contributed by atoms with van der Waals surface area (Å²) in [5.41, 5.74) is 7.78. The smallest absolute Gasteiger partial charge is 0.411 e.